The Morgan fingerprint density at radius 3 is 2.44 bits per heavy atom. The Hall–Kier alpha value is -2.28. The first-order chi connectivity index (χ1) is 15.2. The van der Waals surface area contributed by atoms with Crippen molar-refractivity contribution in [2.75, 3.05) is 6.54 Å². The molecular formula is C25H26ClN3O2S. The topological polar surface area (TPSA) is 62.3 Å². The number of halogens is 1. The van der Waals surface area contributed by atoms with Gasteiger partial charge in [-0.15, -0.1) is 11.3 Å². The van der Waals surface area contributed by atoms with E-state index in [1.54, 1.807) is 11.3 Å². The van der Waals surface area contributed by atoms with Crippen LogP contribution in [0.2, 0.25) is 5.02 Å². The molecule has 4 heterocycles. The lowest BCUT2D eigenvalue weighted by atomic mass is 9.86. The Morgan fingerprint density at radius 1 is 1.09 bits per heavy atom. The number of carbonyl (C=O) groups is 2. The molecule has 0 bridgehead atoms. The van der Waals surface area contributed by atoms with E-state index < -0.39 is 0 Å². The molecule has 166 valence electrons. The van der Waals surface area contributed by atoms with E-state index in [0.717, 1.165) is 40.9 Å². The van der Waals surface area contributed by atoms with Gasteiger partial charge in [-0.05, 0) is 35.1 Å². The van der Waals surface area contributed by atoms with E-state index in [1.807, 2.05) is 0 Å². The fourth-order valence-corrected chi connectivity index (χ4v) is 6.07. The second kappa shape index (κ2) is 7.94. The van der Waals surface area contributed by atoms with Crippen LogP contribution in [-0.2, 0) is 34.5 Å². The van der Waals surface area contributed by atoms with Gasteiger partial charge in [-0.3, -0.25) is 14.5 Å². The molecule has 0 saturated carbocycles. The van der Waals surface area contributed by atoms with Crippen molar-refractivity contribution in [2.45, 2.75) is 58.5 Å². The number of carbonyl (C=O) groups excluding carboxylic acids is 2. The Balaban J connectivity index is 1.70. The molecule has 7 heteroatoms. The zero-order valence-corrected chi connectivity index (χ0v) is 20.1. The molecule has 0 aliphatic carbocycles. The summed E-state index contributed by atoms with van der Waals surface area (Å²) in [6, 6.07) is 8.57. The van der Waals surface area contributed by atoms with Crippen molar-refractivity contribution >= 4 is 45.0 Å². The number of aromatic nitrogens is 1. The molecule has 0 unspecified atom stereocenters. The van der Waals surface area contributed by atoms with Crippen molar-refractivity contribution in [1.82, 2.24) is 15.2 Å². The number of amides is 2. The highest BCUT2D eigenvalue weighted by Gasteiger charge is 2.31. The predicted molar refractivity (Wildman–Crippen MR) is 129 cm³/mol. The summed E-state index contributed by atoms with van der Waals surface area (Å²) in [5.74, 6) is -0.308. The molecule has 3 aromatic rings. The summed E-state index contributed by atoms with van der Waals surface area (Å²) in [7, 11) is 0. The van der Waals surface area contributed by atoms with E-state index in [2.05, 4.69) is 50.4 Å². The summed E-state index contributed by atoms with van der Waals surface area (Å²) >= 11 is 8.68. The molecule has 1 aromatic carbocycles. The lowest BCUT2D eigenvalue weighted by Crippen LogP contribution is -2.29. The molecule has 1 fully saturated rings. The molecule has 5 nitrogen and oxygen atoms in total. The first-order valence-electron chi connectivity index (χ1n) is 11.0. The number of likely N-dealkylation sites (tertiary alicyclic amines) is 1. The third-order valence-corrected chi connectivity index (χ3v) is 7.90. The monoisotopic (exact) mass is 467 g/mol. The maximum atomic E-state index is 12.2. The summed E-state index contributed by atoms with van der Waals surface area (Å²) in [5.41, 5.74) is 5.22. The van der Waals surface area contributed by atoms with Gasteiger partial charge in [0.15, 0.2) is 0 Å². The number of imide groups is 1. The third kappa shape index (κ3) is 3.64. The van der Waals surface area contributed by atoms with Crippen LogP contribution in [0.4, 0.5) is 0 Å². The number of nitrogens with zero attached hydrogens (tertiary/aromatic N) is 2. The van der Waals surface area contributed by atoms with E-state index in [0.29, 0.717) is 10.7 Å². The Kier molecular flexibility index (Phi) is 5.35. The van der Waals surface area contributed by atoms with Crippen molar-refractivity contribution < 1.29 is 9.59 Å². The summed E-state index contributed by atoms with van der Waals surface area (Å²) in [5, 5.41) is 5.09. The van der Waals surface area contributed by atoms with E-state index in [4.69, 9.17) is 16.6 Å². The molecule has 1 saturated heterocycles. The van der Waals surface area contributed by atoms with Gasteiger partial charge >= 0.3 is 0 Å². The molecule has 32 heavy (non-hydrogen) atoms. The van der Waals surface area contributed by atoms with Crippen molar-refractivity contribution in [3.63, 3.8) is 0 Å². The van der Waals surface area contributed by atoms with Gasteiger partial charge in [0.2, 0.25) is 11.8 Å². The van der Waals surface area contributed by atoms with Gasteiger partial charge in [0.25, 0.3) is 0 Å². The van der Waals surface area contributed by atoms with Crippen LogP contribution in [0, 0.1) is 0 Å². The average Bonchev–Trinajstić information content (AvgIpc) is 3.28. The third-order valence-electron chi connectivity index (χ3n) is 6.37. The molecular weight excluding hydrogens is 442 g/mol. The van der Waals surface area contributed by atoms with Crippen molar-refractivity contribution in [3.05, 3.63) is 51.0 Å². The number of rotatable bonds is 3. The number of thiophene rings is 1. The second-order valence-corrected chi connectivity index (χ2v) is 11.0. The van der Waals surface area contributed by atoms with Gasteiger partial charge in [-0.2, -0.15) is 0 Å². The molecule has 2 aromatic heterocycles. The second-order valence-electron chi connectivity index (χ2n) is 9.56. The highest BCUT2D eigenvalue weighted by Crippen LogP contribution is 2.44. The fraction of sp³-hybridized carbons (Fsp3) is 0.400. The number of pyridine rings is 1. The van der Waals surface area contributed by atoms with Crippen LogP contribution in [0.1, 0.15) is 55.3 Å². The molecule has 0 spiro atoms. The Morgan fingerprint density at radius 2 is 1.78 bits per heavy atom. The minimum Gasteiger partial charge on any atom is -0.312 e. The molecule has 2 amide bonds. The van der Waals surface area contributed by atoms with Crippen LogP contribution >= 0.6 is 22.9 Å². The highest BCUT2D eigenvalue weighted by molar-refractivity contribution is 7.19. The van der Waals surface area contributed by atoms with Gasteiger partial charge in [-0.25, -0.2) is 4.98 Å². The molecule has 0 atom stereocenters. The summed E-state index contributed by atoms with van der Waals surface area (Å²) in [4.78, 5) is 32.8. The van der Waals surface area contributed by atoms with E-state index in [9.17, 15) is 9.59 Å². The van der Waals surface area contributed by atoms with Gasteiger partial charge in [-0.1, -0.05) is 56.6 Å². The van der Waals surface area contributed by atoms with Crippen molar-refractivity contribution in [3.8, 4) is 11.1 Å². The van der Waals surface area contributed by atoms with E-state index in [1.165, 1.54) is 20.9 Å². The average molecular weight is 468 g/mol. The largest absolute Gasteiger partial charge is 0.312 e. The molecule has 2 aliphatic heterocycles. The summed E-state index contributed by atoms with van der Waals surface area (Å²) in [6.07, 6.45) is 1.46. The van der Waals surface area contributed by atoms with E-state index >= 15 is 0 Å². The number of nitrogens with one attached hydrogen (secondary N) is 1. The van der Waals surface area contributed by atoms with E-state index in [-0.39, 0.29) is 36.6 Å². The number of fused-ring (bicyclic) bond motifs is 3. The van der Waals surface area contributed by atoms with Crippen molar-refractivity contribution in [1.29, 1.82) is 0 Å². The van der Waals surface area contributed by atoms with Gasteiger partial charge in [0, 0.05) is 35.2 Å². The summed E-state index contributed by atoms with van der Waals surface area (Å²) in [6.45, 7) is 8.48. The number of benzene rings is 1. The summed E-state index contributed by atoms with van der Waals surface area (Å²) < 4.78 is 0. The molecule has 0 radical (unpaired) electrons. The maximum absolute atomic E-state index is 12.2. The van der Waals surface area contributed by atoms with Gasteiger partial charge in [0.1, 0.15) is 4.83 Å². The highest BCUT2D eigenvalue weighted by atomic mass is 35.5. The number of hydrogen-bond acceptors (Lipinski definition) is 5. The fourth-order valence-electron chi connectivity index (χ4n) is 4.54. The quantitative estimate of drug-likeness (QED) is 0.537. The van der Waals surface area contributed by atoms with Crippen LogP contribution in [-0.4, -0.2) is 28.2 Å². The zero-order valence-electron chi connectivity index (χ0n) is 18.5. The normalized spacial score (nSPS) is 16.8. The lowest BCUT2D eigenvalue weighted by Gasteiger charge is -2.21. The number of hydrogen-bond donors (Lipinski definition) is 1. The smallest absolute Gasteiger partial charge is 0.230 e. The van der Waals surface area contributed by atoms with Gasteiger partial charge in [0.05, 0.1) is 17.3 Å². The Bertz CT molecular complexity index is 1230. The van der Waals surface area contributed by atoms with Crippen LogP contribution in [0.3, 0.4) is 0 Å². The van der Waals surface area contributed by atoms with Crippen molar-refractivity contribution in [2.24, 2.45) is 0 Å². The lowest BCUT2D eigenvalue weighted by molar-refractivity contribution is -0.139. The minimum absolute atomic E-state index is 0.0603. The predicted octanol–water partition coefficient (Wildman–Crippen LogP) is 5.21. The maximum Gasteiger partial charge on any atom is 0.230 e. The van der Waals surface area contributed by atoms with Crippen LogP contribution in [0.5, 0.6) is 0 Å². The van der Waals surface area contributed by atoms with Crippen LogP contribution in [0.15, 0.2) is 24.3 Å². The zero-order chi connectivity index (χ0) is 22.6. The SMILES string of the molecule is CC(C)(C)c1ccc(-c2c(Cl)c(CN3C(=O)CCC3=O)nc3sc4c(c23)CCNC4)cc1. The standard InChI is InChI=1S/C25H26ClN3O2S/c1-25(2,3)15-6-4-14(5-7-15)21-22-16-10-11-27-12-18(16)32-24(22)28-17(23(21)26)13-29-19(30)8-9-20(29)31/h4-7,27H,8-13H2,1-3H3. The molecule has 2 aliphatic rings. The molecule has 5 rings (SSSR count). The van der Waals surface area contributed by atoms with Crippen LogP contribution in [0.25, 0.3) is 21.3 Å². The Labute approximate surface area is 196 Å². The van der Waals surface area contributed by atoms with Gasteiger partial charge < -0.3 is 5.32 Å². The minimum atomic E-state index is -0.154. The van der Waals surface area contributed by atoms with Crippen LogP contribution < -0.4 is 5.32 Å². The molecule has 1 N–H and O–H groups in total. The first kappa shape index (κ1) is 21.6. The first-order valence-corrected chi connectivity index (χ1v) is 12.2.